The van der Waals surface area contributed by atoms with E-state index in [1.54, 1.807) is 0 Å². The third kappa shape index (κ3) is 7.25. The van der Waals surface area contributed by atoms with Gasteiger partial charge in [0.2, 0.25) is 0 Å². The number of hydrogen-bond acceptors (Lipinski definition) is 2. The van der Waals surface area contributed by atoms with E-state index in [1.807, 2.05) is 6.07 Å². The Hall–Kier alpha value is -9.18. The Bertz CT molecular complexity index is 3960. The van der Waals surface area contributed by atoms with Gasteiger partial charge in [-0.15, -0.1) is 0 Å². The van der Waals surface area contributed by atoms with Gasteiger partial charge in [0.1, 0.15) is 11.2 Å². The standard InChI is InChI=1S/C66H44N2O/c1-4-14-45(15-5-1)50-18-12-19-51(42-50)46-26-34-55(35-27-46)67(56-36-28-47(29-37-56)52-33-41-65-62(43-52)61-24-13-23-58(66(61)69-65)49-16-6-2-7-17-49)57-38-30-48(31-39-57)53-32-40-60-59-22-10-11-25-63(59)68(64(60)44-53)54-20-8-3-9-21-54/h1-44H. The van der Waals surface area contributed by atoms with Gasteiger partial charge in [-0.25, -0.2) is 0 Å². The lowest BCUT2D eigenvalue weighted by Gasteiger charge is -2.26. The largest absolute Gasteiger partial charge is 0.455 e. The molecular weight excluding hydrogens is 837 g/mol. The molecular formula is C66H44N2O. The van der Waals surface area contributed by atoms with Gasteiger partial charge < -0.3 is 13.9 Å². The van der Waals surface area contributed by atoms with Crippen molar-refractivity contribution in [2.45, 2.75) is 0 Å². The van der Waals surface area contributed by atoms with Crippen LogP contribution in [0.2, 0.25) is 0 Å². The monoisotopic (exact) mass is 880 g/mol. The molecule has 0 amide bonds. The zero-order valence-electron chi connectivity index (χ0n) is 37.7. The molecule has 0 saturated carbocycles. The van der Waals surface area contributed by atoms with Gasteiger partial charge in [0.05, 0.1) is 11.0 Å². The maximum Gasteiger partial charge on any atom is 0.143 e. The fourth-order valence-electron chi connectivity index (χ4n) is 10.2. The molecule has 0 N–H and O–H groups in total. The van der Waals surface area contributed by atoms with Crippen LogP contribution in [0.5, 0.6) is 0 Å². The first-order valence-corrected chi connectivity index (χ1v) is 23.6. The first-order valence-electron chi connectivity index (χ1n) is 23.6. The topological polar surface area (TPSA) is 21.3 Å². The first-order chi connectivity index (χ1) is 34.2. The van der Waals surface area contributed by atoms with E-state index in [2.05, 4.69) is 270 Å². The molecule has 3 heteroatoms. The number of para-hydroxylation sites is 3. The molecule has 0 saturated heterocycles. The molecule has 11 aromatic carbocycles. The summed E-state index contributed by atoms with van der Waals surface area (Å²) in [5, 5.41) is 4.73. The number of fused-ring (bicyclic) bond motifs is 6. The smallest absolute Gasteiger partial charge is 0.143 e. The van der Waals surface area contributed by atoms with Crippen LogP contribution in [0, 0.1) is 0 Å². The summed E-state index contributed by atoms with van der Waals surface area (Å²) in [6, 6.07) is 96.0. The van der Waals surface area contributed by atoms with E-state index in [1.165, 1.54) is 49.6 Å². The zero-order chi connectivity index (χ0) is 45.7. The van der Waals surface area contributed by atoms with Crippen LogP contribution in [-0.2, 0) is 0 Å². The van der Waals surface area contributed by atoms with Crippen molar-refractivity contribution in [2.75, 3.05) is 4.90 Å². The van der Waals surface area contributed by atoms with E-state index >= 15 is 0 Å². The molecule has 3 nitrogen and oxygen atoms in total. The molecule has 324 valence electrons. The molecule has 0 aliphatic rings. The van der Waals surface area contributed by atoms with Crippen molar-refractivity contribution >= 4 is 60.8 Å². The van der Waals surface area contributed by atoms with E-state index < -0.39 is 0 Å². The predicted molar refractivity (Wildman–Crippen MR) is 290 cm³/mol. The summed E-state index contributed by atoms with van der Waals surface area (Å²) >= 11 is 0. The molecule has 2 heterocycles. The third-order valence-electron chi connectivity index (χ3n) is 13.6. The summed E-state index contributed by atoms with van der Waals surface area (Å²) in [6.45, 7) is 0. The average molecular weight is 881 g/mol. The molecule has 13 aromatic rings. The molecule has 0 fully saturated rings. The van der Waals surface area contributed by atoms with Crippen molar-refractivity contribution in [2.24, 2.45) is 0 Å². The molecule has 0 unspecified atom stereocenters. The van der Waals surface area contributed by atoms with Gasteiger partial charge in [0, 0.05) is 49.9 Å². The normalized spacial score (nSPS) is 11.5. The van der Waals surface area contributed by atoms with Crippen molar-refractivity contribution in [3.63, 3.8) is 0 Å². The van der Waals surface area contributed by atoms with Gasteiger partial charge in [0.25, 0.3) is 0 Å². The number of benzene rings is 11. The summed E-state index contributed by atoms with van der Waals surface area (Å²) < 4.78 is 8.91. The summed E-state index contributed by atoms with van der Waals surface area (Å²) in [6.07, 6.45) is 0. The van der Waals surface area contributed by atoms with Crippen LogP contribution in [0.3, 0.4) is 0 Å². The summed E-state index contributed by atoms with van der Waals surface area (Å²) in [5.41, 5.74) is 20.2. The summed E-state index contributed by atoms with van der Waals surface area (Å²) in [5.74, 6) is 0. The van der Waals surface area contributed by atoms with E-state index in [4.69, 9.17) is 4.42 Å². The van der Waals surface area contributed by atoms with Crippen molar-refractivity contribution in [1.82, 2.24) is 4.57 Å². The number of nitrogens with zero attached hydrogens (tertiary/aromatic N) is 2. The second-order valence-electron chi connectivity index (χ2n) is 17.7. The number of furan rings is 1. The fraction of sp³-hybridized carbons (Fsp3) is 0. The average Bonchev–Trinajstić information content (AvgIpc) is 3.97. The van der Waals surface area contributed by atoms with E-state index in [0.29, 0.717) is 0 Å². The van der Waals surface area contributed by atoms with Crippen LogP contribution in [0.15, 0.2) is 271 Å². The number of anilines is 3. The van der Waals surface area contributed by atoms with E-state index in [0.717, 1.165) is 72.5 Å². The minimum atomic E-state index is 0.886. The quantitative estimate of drug-likeness (QED) is 0.144. The minimum absolute atomic E-state index is 0.886. The van der Waals surface area contributed by atoms with Crippen LogP contribution in [0.25, 0.3) is 105 Å². The fourth-order valence-corrected chi connectivity index (χ4v) is 10.2. The lowest BCUT2D eigenvalue weighted by Crippen LogP contribution is -2.09. The molecule has 13 rings (SSSR count). The highest BCUT2D eigenvalue weighted by atomic mass is 16.3. The van der Waals surface area contributed by atoms with Crippen molar-refractivity contribution in [1.29, 1.82) is 0 Å². The Morgan fingerprint density at radius 3 is 1.36 bits per heavy atom. The maximum absolute atomic E-state index is 6.52. The molecule has 0 atom stereocenters. The van der Waals surface area contributed by atoms with Gasteiger partial charge in [-0.05, 0) is 129 Å². The number of hydrogen-bond donors (Lipinski definition) is 0. The summed E-state index contributed by atoms with van der Waals surface area (Å²) in [4.78, 5) is 2.35. The summed E-state index contributed by atoms with van der Waals surface area (Å²) in [7, 11) is 0. The highest BCUT2D eigenvalue weighted by molar-refractivity contribution is 6.11. The van der Waals surface area contributed by atoms with Gasteiger partial charge in [-0.2, -0.15) is 0 Å². The van der Waals surface area contributed by atoms with E-state index in [-0.39, 0.29) is 0 Å². The Balaban J connectivity index is 0.872. The van der Waals surface area contributed by atoms with Gasteiger partial charge in [0.15, 0.2) is 0 Å². The number of aromatic nitrogens is 1. The second kappa shape index (κ2) is 16.9. The Labute approximate surface area is 401 Å². The third-order valence-corrected chi connectivity index (χ3v) is 13.6. The molecule has 69 heavy (non-hydrogen) atoms. The van der Waals surface area contributed by atoms with Crippen LogP contribution >= 0.6 is 0 Å². The lowest BCUT2D eigenvalue weighted by atomic mass is 9.98. The Morgan fingerprint density at radius 2 is 0.725 bits per heavy atom. The van der Waals surface area contributed by atoms with Gasteiger partial charge in [-0.3, -0.25) is 0 Å². The molecule has 0 aliphatic heterocycles. The number of rotatable bonds is 9. The van der Waals surface area contributed by atoms with Gasteiger partial charge in [-0.1, -0.05) is 188 Å². The predicted octanol–water partition coefficient (Wildman–Crippen LogP) is 18.5. The highest BCUT2D eigenvalue weighted by Gasteiger charge is 2.18. The molecule has 0 aliphatic carbocycles. The van der Waals surface area contributed by atoms with Crippen LogP contribution in [0.4, 0.5) is 17.1 Å². The van der Waals surface area contributed by atoms with Crippen LogP contribution < -0.4 is 4.90 Å². The molecule has 0 radical (unpaired) electrons. The lowest BCUT2D eigenvalue weighted by molar-refractivity contribution is 0.670. The van der Waals surface area contributed by atoms with Gasteiger partial charge >= 0.3 is 0 Å². The van der Waals surface area contributed by atoms with Crippen molar-refractivity contribution < 1.29 is 4.42 Å². The Kier molecular flexibility index (Phi) is 9.84. The maximum atomic E-state index is 6.52. The SMILES string of the molecule is c1ccc(-c2cccc(-c3ccc(N(c4ccc(-c5ccc6oc7c(-c8ccccc8)cccc7c6c5)cc4)c4ccc(-c5ccc6c7ccccc7n(-c7ccccc7)c6c5)cc4)cc3)c2)cc1. The molecule has 0 spiro atoms. The molecule has 0 bridgehead atoms. The highest BCUT2D eigenvalue weighted by Crippen LogP contribution is 2.41. The first kappa shape index (κ1) is 40.1. The molecule has 2 aromatic heterocycles. The minimum Gasteiger partial charge on any atom is -0.455 e. The Morgan fingerprint density at radius 1 is 0.275 bits per heavy atom. The van der Waals surface area contributed by atoms with Crippen molar-refractivity contribution in [3.05, 3.63) is 267 Å². The van der Waals surface area contributed by atoms with Crippen LogP contribution in [-0.4, -0.2) is 4.57 Å². The second-order valence-corrected chi connectivity index (χ2v) is 17.7. The van der Waals surface area contributed by atoms with Crippen LogP contribution in [0.1, 0.15) is 0 Å². The van der Waals surface area contributed by atoms with Crippen molar-refractivity contribution in [3.8, 4) is 61.3 Å². The van der Waals surface area contributed by atoms with E-state index in [9.17, 15) is 0 Å². The zero-order valence-corrected chi connectivity index (χ0v) is 37.7.